The Labute approximate surface area is 115 Å². The third kappa shape index (κ3) is 2.57. The standard InChI is InChI=1S/C11H12ClN3O3S/c1-7-4-5-9(18-3)8(6-7)10-13-14-11(15(10)2)19(12,16)17/h4-6H,1-3H3. The Hall–Kier alpha value is -1.60. The van der Waals surface area contributed by atoms with Crippen LogP contribution in [-0.2, 0) is 16.1 Å². The second kappa shape index (κ2) is 4.82. The molecule has 0 atom stereocenters. The van der Waals surface area contributed by atoms with Crippen molar-refractivity contribution >= 4 is 19.7 Å². The van der Waals surface area contributed by atoms with Gasteiger partial charge in [0.05, 0.1) is 12.7 Å². The average molecular weight is 302 g/mol. The summed E-state index contributed by atoms with van der Waals surface area (Å²) in [5, 5.41) is 7.18. The van der Waals surface area contributed by atoms with E-state index in [2.05, 4.69) is 10.2 Å². The number of benzene rings is 1. The zero-order valence-electron chi connectivity index (χ0n) is 10.6. The summed E-state index contributed by atoms with van der Waals surface area (Å²) >= 11 is 0. The monoisotopic (exact) mass is 301 g/mol. The van der Waals surface area contributed by atoms with Crippen LogP contribution in [0.25, 0.3) is 11.4 Å². The maximum absolute atomic E-state index is 11.3. The SMILES string of the molecule is COc1ccc(C)cc1-c1nnc(S(=O)(=O)Cl)n1C. The van der Waals surface area contributed by atoms with Gasteiger partial charge in [-0.05, 0) is 19.1 Å². The van der Waals surface area contributed by atoms with Gasteiger partial charge in [-0.15, -0.1) is 10.2 Å². The van der Waals surface area contributed by atoms with Gasteiger partial charge in [-0.2, -0.15) is 0 Å². The van der Waals surface area contributed by atoms with Crippen molar-refractivity contribution < 1.29 is 13.2 Å². The van der Waals surface area contributed by atoms with Gasteiger partial charge in [-0.3, -0.25) is 4.57 Å². The Kier molecular flexibility index (Phi) is 3.51. The minimum Gasteiger partial charge on any atom is -0.496 e. The van der Waals surface area contributed by atoms with Gasteiger partial charge in [0.2, 0.25) is 0 Å². The molecule has 0 radical (unpaired) electrons. The molecule has 2 aromatic rings. The number of ether oxygens (including phenoxy) is 1. The van der Waals surface area contributed by atoms with Crippen molar-refractivity contribution in [3.63, 3.8) is 0 Å². The molecule has 0 fully saturated rings. The smallest absolute Gasteiger partial charge is 0.296 e. The Morgan fingerprint density at radius 1 is 1.32 bits per heavy atom. The lowest BCUT2D eigenvalue weighted by atomic mass is 10.1. The first-order valence-corrected chi connectivity index (χ1v) is 7.64. The number of nitrogens with zero attached hydrogens (tertiary/aromatic N) is 3. The predicted octanol–water partition coefficient (Wildman–Crippen LogP) is 1.73. The zero-order valence-corrected chi connectivity index (χ0v) is 12.2. The second-order valence-electron chi connectivity index (χ2n) is 4.01. The number of methoxy groups -OCH3 is 1. The molecule has 0 saturated carbocycles. The molecule has 6 nitrogen and oxygen atoms in total. The van der Waals surface area contributed by atoms with Crippen LogP contribution in [0.1, 0.15) is 5.56 Å². The van der Waals surface area contributed by atoms with Crippen LogP contribution in [0.2, 0.25) is 0 Å². The summed E-state index contributed by atoms with van der Waals surface area (Å²) in [5.74, 6) is 0.958. The second-order valence-corrected chi connectivity index (χ2v) is 6.47. The van der Waals surface area contributed by atoms with Crippen molar-refractivity contribution in [1.29, 1.82) is 0 Å². The Balaban J connectivity index is 2.67. The van der Waals surface area contributed by atoms with Crippen molar-refractivity contribution in [2.45, 2.75) is 12.1 Å². The van der Waals surface area contributed by atoms with Gasteiger partial charge >= 0.3 is 0 Å². The van der Waals surface area contributed by atoms with Crippen molar-refractivity contribution in [3.05, 3.63) is 23.8 Å². The van der Waals surface area contributed by atoms with Crippen molar-refractivity contribution in [1.82, 2.24) is 14.8 Å². The number of hydrogen-bond donors (Lipinski definition) is 0. The lowest BCUT2D eigenvalue weighted by Crippen LogP contribution is -2.03. The van der Waals surface area contributed by atoms with Crippen LogP contribution in [0.5, 0.6) is 5.75 Å². The van der Waals surface area contributed by atoms with Crippen molar-refractivity contribution in [3.8, 4) is 17.1 Å². The van der Waals surface area contributed by atoms with E-state index in [4.69, 9.17) is 15.4 Å². The van der Waals surface area contributed by atoms with E-state index < -0.39 is 9.05 Å². The Morgan fingerprint density at radius 3 is 2.53 bits per heavy atom. The predicted molar refractivity (Wildman–Crippen MR) is 70.8 cm³/mol. The van der Waals surface area contributed by atoms with Gasteiger partial charge in [-0.25, -0.2) is 8.42 Å². The Bertz CT molecular complexity index is 725. The molecule has 1 aromatic heterocycles. The maximum atomic E-state index is 11.3. The van der Waals surface area contributed by atoms with E-state index in [1.807, 2.05) is 19.1 Å². The summed E-state index contributed by atoms with van der Waals surface area (Å²) in [6.45, 7) is 1.92. The molecule has 0 spiro atoms. The molecule has 1 aromatic carbocycles. The van der Waals surface area contributed by atoms with Crippen molar-refractivity contribution in [2.75, 3.05) is 7.11 Å². The van der Waals surface area contributed by atoms with Gasteiger partial charge in [0.15, 0.2) is 5.82 Å². The summed E-state index contributed by atoms with van der Waals surface area (Å²) in [6.07, 6.45) is 0. The summed E-state index contributed by atoms with van der Waals surface area (Å²) in [5.41, 5.74) is 1.65. The fourth-order valence-electron chi connectivity index (χ4n) is 1.76. The van der Waals surface area contributed by atoms with Crippen molar-refractivity contribution in [2.24, 2.45) is 7.05 Å². The van der Waals surface area contributed by atoms with E-state index in [0.717, 1.165) is 5.56 Å². The highest BCUT2D eigenvalue weighted by Gasteiger charge is 2.22. The van der Waals surface area contributed by atoms with E-state index in [9.17, 15) is 8.42 Å². The fraction of sp³-hybridized carbons (Fsp3) is 0.273. The molecule has 0 saturated heterocycles. The highest BCUT2D eigenvalue weighted by atomic mass is 35.7. The van der Waals surface area contributed by atoms with Crippen LogP contribution in [0.3, 0.4) is 0 Å². The number of rotatable bonds is 3. The van der Waals surface area contributed by atoms with Gasteiger partial charge in [-0.1, -0.05) is 11.6 Å². The summed E-state index contributed by atoms with van der Waals surface area (Å²) < 4.78 is 29.2. The quantitative estimate of drug-likeness (QED) is 0.807. The van der Waals surface area contributed by atoms with Crippen LogP contribution in [0, 0.1) is 6.92 Å². The molecular weight excluding hydrogens is 290 g/mol. The highest BCUT2D eigenvalue weighted by Crippen LogP contribution is 2.30. The molecule has 0 bridgehead atoms. The first-order valence-electron chi connectivity index (χ1n) is 5.33. The number of aryl methyl sites for hydroxylation is 1. The summed E-state index contributed by atoms with van der Waals surface area (Å²) in [7, 11) is 4.42. The van der Waals surface area contributed by atoms with Crippen LogP contribution in [0.15, 0.2) is 23.4 Å². The molecule has 2 rings (SSSR count). The van der Waals surface area contributed by atoms with E-state index in [0.29, 0.717) is 17.1 Å². The largest absolute Gasteiger partial charge is 0.496 e. The van der Waals surface area contributed by atoms with E-state index >= 15 is 0 Å². The lowest BCUT2D eigenvalue weighted by molar-refractivity contribution is 0.416. The number of aromatic nitrogens is 3. The minimum atomic E-state index is -3.93. The molecule has 19 heavy (non-hydrogen) atoms. The lowest BCUT2D eigenvalue weighted by Gasteiger charge is -2.08. The van der Waals surface area contributed by atoms with Gasteiger partial charge in [0, 0.05) is 17.7 Å². The van der Waals surface area contributed by atoms with Gasteiger partial charge < -0.3 is 4.74 Å². The molecule has 0 aliphatic carbocycles. The molecule has 0 unspecified atom stereocenters. The maximum Gasteiger partial charge on any atom is 0.296 e. The van der Waals surface area contributed by atoms with E-state index in [-0.39, 0.29) is 5.16 Å². The first kappa shape index (κ1) is 13.8. The number of hydrogen-bond acceptors (Lipinski definition) is 5. The summed E-state index contributed by atoms with van der Waals surface area (Å²) in [4.78, 5) is 0. The van der Waals surface area contributed by atoms with Gasteiger partial charge in [0.1, 0.15) is 5.75 Å². The van der Waals surface area contributed by atoms with Crippen LogP contribution in [0.4, 0.5) is 0 Å². The van der Waals surface area contributed by atoms with Crippen LogP contribution >= 0.6 is 10.7 Å². The minimum absolute atomic E-state index is 0.298. The zero-order chi connectivity index (χ0) is 14.2. The first-order chi connectivity index (χ1) is 8.84. The fourth-order valence-corrected chi connectivity index (χ4v) is 2.71. The molecule has 0 aliphatic rings. The van der Waals surface area contributed by atoms with Crippen LogP contribution < -0.4 is 4.74 Å². The molecule has 0 amide bonds. The molecule has 0 aliphatic heterocycles. The molecule has 1 heterocycles. The van der Waals surface area contributed by atoms with Gasteiger partial charge in [0.25, 0.3) is 14.2 Å². The van der Waals surface area contributed by atoms with E-state index in [1.54, 1.807) is 6.07 Å². The number of halogens is 1. The summed E-state index contributed by atoms with van der Waals surface area (Å²) in [6, 6.07) is 5.51. The third-order valence-corrected chi connectivity index (χ3v) is 3.85. The third-order valence-electron chi connectivity index (χ3n) is 2.65. The molecule has 0 N–H and O–H groups in total. The average Bonchev–Trinajstić information content (AvgIpc) is 2.70. The molecule has 8 heteroatoms. The topological polar surface area (TPSA) is 74.1 Å². The molecular formula is C11H12ClN3O3S. The highest BCUT2D eigenvalue weighted by molar-refractivity contribution is 8.13. The van der Waals surface area contributed by atoms with Crippen LogP contribution in [-0.4, -0.2) is 30.3 Å². The molecule has 102 valence electrons. The normalized spacial score (nSPS) is 11.6. The van der Waals surface area contributed by atoms with E-state index in [1.165, 1.54) is 18.7 Å². The Morgan fingerprint density at radius 2 is 2.00 bits per heavy atom.